The normalized spacial score (nSPS) is 26.0. The van der Waals surface area contributed by atoms with Crippen molar-refractivity contribution in [3.8, 4) is 0 Å². The fourth-order valence-electron chi connectivity index (χ4n) is 3.18. The van der Waals surface area contributed by atoms with Crippen molar-refractivity contribution in [1.29, 1.82) is 0 Å². The molecular formula is C17H26N2O2. The summed E-state index contributed by atoms with van der Waals surface area (Å²) in [7, 11) is 0. The van der Waals surface area contributed by atoms with Crippen LogP contribution in [0.1, 0.15) is 45.2 Å². The van der Waals surface area contributed by atoms with Gasteiger partial charge in [0.2, 0.25) is 0 Å². The number of nitrogens with zero attached hydrogens (tertiary/aromatic N) is 2. The van der Waals surface area contributed by atoms with Crippen LogP contribution < -0.4 is 0 Å². The quantitative estimate of drug-likeness (QED) is 0.874. The molecule has 0 atom stereocenters. The molecule has 1 fully saturated rings. The highest BCUT2D eigenvalue weighted by molar-refractivity contribution is 5.75. The lowest BCUT2D eigenvalue weighted by molar-refractivity contribution is -0.153. The predicted molar refractivity (Wildman–Crippen MR) is 82.9 cm³/mol. The van der Waals surface area contributed by atoms with Crippen LogP contribution in [0.2, 0.25) is 0 Å². The van der Waals surface area contributed by atoms with E-state index in [-0.39, 0.29) is 0 Å². The van der Waals surface area contributed by atoms with Gasteiger partial charge in [-0.25, -0.2) is 0 Å². The molecular weight excluding hydrogens is 264 g/mol. The van der Waals surface area contributed by atoms with E-state index in [2.05, 4.69) is 23.7 Å². The van der Waals surface area contributed by atoms with Crippen molar-refractivity contribution in [2.24, 2.45) is 11.3 Å². The summed E-state index contributed by atoms with van der Waals surface area (Å²) in [6.45, 7) is 6.51. The van der Waals surface area contributed by atoms with Crippen LogP contribution in [0.3, 0.4) is 0 Å². The van der Waals surface area contributed by atoms with Crippen molar-refractivity contribution in [1.82, 2.24) is 9.88 Å². The molecule has 1 heterocycles. The molecule has 1 aromatic heterocycles. The third kappa shape index (κ3) is 4.03. The second-order valence-corrected chi connectivity index (χ2v) is 6.39. The van der Waals surface area contributed by atoms with E-state index in [9.17, 15) is 9.90 Å². The Labute approximate surface area is 127 Å². The van der Waals surface area contributed by atoms with E-state index in [0.29, 0.717) is 12.5 Å². The van der Waals surface area contributed by atoms with Gasteiger partial charge in [0.15, 0.2) is 0 Å². The lowest BCUT2D eigenvalue weighted by atomic mass is 9.70. The number of carboxylic acids is 1. The van der Waals surface area contributed by atoms with Gasteiger partial charge >= 0.3 is 5.97 Å². The van der Waals surface area contributed by atoms with Crippen molar-refractivity contribution >= 4 is 5.97 Å². The van der Waals surface area contributed by atoms with Crippen molar-refractivity contribution in [2.45, 2.75) is 46.1 Å². The van der Waals surface area contributed by atoms with Gasteiger partial charge in [-0.3, -0.25) is 14.7 Å². The summed E-state index contributed by atoms with van der Waals surface area (Å²) in [4.78, 5) is 18.4. The van der Waals surface area contributed by atoms with Gasteiger partial charge < -0.3 is 5.11 Å². The van der Waals surface area contributed by atoms with Crippen LogP contribution >= 0.6 is 0 Å². The Morgan fingerprint density at radius 1 is 1.43 bits per heavy atom. The molecule has 0 bridgehead atoms. The zero-order valence-corrected chi connectivity index (χ0v) is 13.1. The largest absolute Gasteiger partial charge is 0.481 e. The second-order valence-electron chi connectivity index (χ2n) is 6.39. The van der Waals surface area contributed by atoms with E-state index in [4.69, 9.17) is 0 Å². The SMILES string of the molecule is CCN(Cc1ccccn1)CC1(C(=O)O)CCC(C)CC1. The van der Waals surface area contributed by atoms with Crippen LogP contribution in [0.25, 0.3) is 0 Å². The second kappa shape index (κ2) is 7.03. The number of pyridine rings is 1. The molecule has 0 unspecified atom stereocenters. The molecule has 0 spiro atoms. The first-order chi connectivity index (χ1) is 10.1. The standard InChI is InChI=1S/C17H26N2O2/c1-3-19(12-15-6-4-5-11-18-15)13-17(16(20)21)9-7-14(2)8-10-17/h4-6,11,14H,3,7-10,12-13H2,1-2H3,(H,20,21). The Hall–Kier alpha value is -1.42. The summed E-state index contributed by atoms with van der Waals surface area (Å²) in [5.74, 6) is 0.0252. The molecule has 116 valence electrons. The van der Waals surface area contributed by atoms with E-state index in [0.717, 1.165) is 44.5 Å². The van der Waals surface area contributed by atoms with Crippen LogP contribution in [0.5, 0.6) is 0 Å². The minimum absolute atomic E-state index is 0.572. The summed E-state index contributed by atoms with van der Waals surface area (Å²) in [6.07, 6.45) is 5.42. The van der Waals surface area contributed by atoms with E-state index < -0.39 is 11.4 Å². The van der Waals surface area contributed by atoms with Crippen LogP contribution in [-0.4, -0.2) is 34.0 Å². The van der Waals surface area contributed by atoms with Gasteiger partial charge in [0.25, 0.3) is 0 Å². The maximum Gasteiger partial charge on any atom is 0.310 e. The number of aromatic nitrogens is 1. The van der Waals surface area contributed by atoms with E-state index in [1.54, 1.807) is 6.20 Å². The van der Waals surface area contributed by atoms with E-state index >= 15 is 0 Å². The van der Waals surface area contributed by atoms with Crippen LogP contribution in [-0.2, 0) is 11.3 Å². The van der Waals surface area contributed by atoms with Gasteiger partial charge in [-0.05, 0) is 50.3 Å². The van der Waals surface area contributed by atoms with Crippen LogP contribution in [0.15, 0.2) is 24.4 Å². The highest BCUT2D eigenvalue weighted by Crippen LogP contribution is 2.40. The maximum absolute atomic E-state index is 11.8. The molecule has 4 nitrogen and oxygen atoms in total. The molecule has 1 saturated carbocycles. The lowest BCUT2D eigenvalue weighted by Gasteiger charge is -2.39. The van der Waals surface area contributed by atoms with E-state index in [1.165, 1.54) is 0 Å². The maximum atomic E-state index is 11.8. The van der Waals surface area contributed by atoms with Gasteiger partial charge in [-0.2, -0.15) is 0 Å². The van der Waals surface area contributed by atoms with Crippen molar-refractivity contribution < 1.29 is 9.90 Å². The summed E-state index contributed by atoms with van der Waals surface area (Å²) < 4.78 is 0. The smallest absolute Gasteiger partial charge is 0.310 e. The van der Waals surface area contributed by atoms with Crippen molar-refractivity contribution in [3.63, 3.8) is 0 Å². The summed E-state index contributed by atoms with van der Waals surface area (Å²) in [5, 5.41) is 9.74. The first-order valence-corrected chi connectivity index (χ1v) is 7.91. The Morgan fingerprint density at radius 3 is 2.67 bits per heavy atom. The number of carboxylic acid groups (broad SMARTS) is 1. The molecule has 0 radical (unpaired) electrons. The Kier molecular flexibility index (Phi) is 5.34. The third-order valence-corrected chi connectivity index (χ3v) is 4.77. The Balaban J connectivity index is 2.06. The van der Waals surface area contributed by atoms with Crippen LogP contribution in [0.4, 0.5) is 0 Å². The molecule has 1 aromatic rings. The van der Waals surface area contributed by atoms with Gasteiger partial charge in [-0.15, -0.1) is 0 Å². The van der Waals surface area contributed by atoms with Crippen LogP contribution in [0, 0.1) is 11.3 Å². The molecule has 0 amide bonds. The fourth-order valence-corrected chi connectivity index (χ4v) is 3.18. The highest BCUT2D eigenvalue weighted by Gasteiger charge is 2.42. The molecule has 21 heavy (non-hydrogen) atoms. The average molecular weight is 290 g/mol. The molecule has 0 aromatic carbocycles. The zero-order valence-electron chi connectivity index (χ0n) is 13.1. The molecule has 0 aliphatic heterocycles. The summed E-state index contributed by atoms with van der Waals surface area (Å²) in [5.41, 5.74) is 0.432. The number of rotatable bonds is 6. The topological polar surface area (TPSA) is 53.4 Å². The van der Waals surface area contributed by atoms with Crippen molar-refractivity contribution in [3.05, 3.63) is 30.1 Å². The zero-order chi connectivity index (χ0) is 15.3. The minimum Gasteiger partial charge on any atom is -0.481 e. The Bertz CT molecular complexity index is 453. The van der Waals surface area contributed by atoms with E-state index in [1.807, 2.05) is 18.2 Å². The number of carbonyl (C=O) groups is 1. The molecule has 1 N–H and O–H groups in total. The Morgan fingerprint density at radius 2 is 2.14 bits per heavy atom. The van der Waals surface area contributed by atoms with Gasteiger partial charge in [0.05, 0.1) is 11.1 Å². The fraction of sp³-hybridized carbons (Fsp3) is 0.647. The lowest BCUT2D eigenvalue weighted by Crippen LogP contribution is -2.45. The number of hydrogen-bond donors (Lipinski definition) is 1. The monoisotopic (exact) mass is 290 g/mol. The first kappa shape index (κ1) is 16.0. The molecule has 1 aliphatic rings. The first-order valence-electron chi connectivity index (χ1n) is 7.91. The molecule has 0 saturated heterocycles. The summed E-state index contributed by atoms with van der Waals surface area (Å²) in [6, 6.07) is 5.88. The number of hydrogen-bond acceptors (Lipinski definition) is 3. The molecule has 2 rings (SSSR count). The van der Waals surface area contributed by atoms with Gasteiger partial charge in [0, 0.05) is 19.3 Å². The molecule has 4 heteroatoms. The third-order valence-electron chi connectivity index (χ3n) is 4.77. The van der Waals surface area contributed by atoms with Gasteiger partial charge in [0.1, 0.15) is 0 Å². The molecule has 1 aliphatic carbocycles. The average Bonchev–Trinajstić information content (AvgIpc) is 2.50. The summed E-state index contributed by atoms with van der Waals surface area (Å²) >= 11 is 0. The highest BCUT2D eigenvalue weighted by atomic mass is 16.4. The van der Waals surface area contributed by atoms with Gasteiger partial charge in [-0.1, -0.05) is 19.9 Å². The minimum atomic E-state index is -0.631. The number of aliphatic carboxylic acids is 1. The van der Waals surface area contributed by atoms with Crippen molar-refractivity contribution in [2.75, 3.05) is 13.1 Å². The predicted octanol–water partition coefficient (Wildman–Crippen LogP) is 3.18.